The van der Waals surface area contributed by atoms with Crippen LogP contribution in [0, 0.1) is 0 Å². The van der Waals surface area contributed by atoms with E-state index in [9.17, 15) is 14.7 Å². The first-order valence-corrected chi connectivity index (χ1v) is 6.23. The van der Waals surface area contributed by atoms with Gasteiger partial charge in [0.2, 0.25) is 0 Å². The molecular formula is C12H14BrNO5. The molecule has 0 aliphatic carbocycles. The molecule has 0 heterocycles. The molecule has 0 spiro atoms. The van der Waals surface area contributed by atoms with Crippen LogP contribution in [0.5, 0.6) is 5.75 Å². The molecule has 19 heavy (non-hydrogen) atoms. The standard InChI is InChI=1S/C12H14BrNO5/c1-19-5-4-14(7-11(16)17)12(18)9-3-2-8(13)6-10(9)15/h2-3,6,15H,4-5,7H2,1H3,(H,16,17). The number of carboxylic acids is 1. The fourth-order valence-electron chi connectivity index (χ4n) is 1.47. The number of carbonyl (C=O) groups excluding carboxylic acids is 1. The van der Waals surface area contributed by atoms with Gasteiger partial charge in [-0.1, -0.05) is 15.9 Å². The van der Waals surface area contributed by atoms with Crippen molar-refractivity contribution in [2.45, 2.75) is 0 Å². The van der Waals surface area contributed by atoms with Crippen LogP contribution in [0.2, 0.25) is 0 Å². The second-order valence-electron chi connectivity index (χ2n) is 3.77. The van der Waals surface area contributed by atoms with Gasteiger partial charge >= 0.3 is 5.97 Å². The van der Waals surface area contributed by atoms with Crippen molar-refractivity contribution in [1.82, 2.24) is 4.90 Å². The Balaban J connectivity index is 2.93. The molecule has 104 valence electrons. The minimum Gasteiger partial charge on any atom is -0.507 e. The molecule has 0 aliphatic rings. The number of nitrogens with zero attached hydrogens (tertiary/aromatic N) is 1. The summed E-state index contributed by atoms with van der Waals surface area (Å²) in [6.07, 6.45) is 0. The molecule has 0 unspecified atom stereocenters. The second kappa shape index (κ2) is 7.10. The number of aromatic hydroxyl groups is 1. The van der Waals surface area contributed by atoms with E-state index in [-0.39, 0.29) is 24.5 Å². The van der Waals surface area contributed by atoms with Gasteiger partial charge in [-0.2, -0.15) is 0 Å². The average molecular weight is 332 g/mol. The lowest BCUT2D eigenvalue weighted by molar-refractivity contribution is -0.137. The number of carbonyl (C=O) groups is 2. The second-order valence-corrected chi connectivity index (χ2v) is 4.69. The molecule has 1 aromatic rings. The number of methoxy groups -OCH3 is 1. The van der Waals surface area contributed by atoms with Crippen LogP contribution in [0.15, 0.2) is 22.7 Å². The Morgan fingerprint density at radius 2 is 2.11 bits per heavy atom. The van der Waals surface area contributed by atoms with Crippen LogP contribution in [0.1, 0.15) is 10.4 Å². The predicted octanol–water partition coefficient (Wildman–Crippen LogP) is 1.33. The molecule has 0 radical (unpaired) electrons. The van der Waals surface area contributed by atoms with Gasteiger partial charge in [-0.25, -0.2) is 0 Å². The predicted molar refractivity (Wildman–Crippen MR) is 71.2 cm³/mol. The number of benzene rings is 1. The molecule has 1 amide bonds. The summed E-state index contributed by atoms with van der Waals surface area (Å²) in [7, 11) is 1.46. The van der Waals surface area contributed by atoms with Crippen LogP contribution in [-0.4, -0.2) is 53.8 Å². The Morgan fingerprint density at radius 3 is 2.63 bits per heavy atom. The van der Waals surface area contributed by atoms with Gasteiger partial charge in [0.05, 0.1) is 12.2 Å². The molecule has 1 aromatic carbocycles. The Hall–Kier alpha value is -1.60. The van der Waals surface area contributed by atoms with Crippen LogP contribution in [0.25, 0.3) is 0 Å². The van der Waals surface area contributed by atoms with Crippen LogP contribution in [-0.2, 0) is 9.53 Å². The smallest absolute Gasteiger partial charge is 0.323 e. The van der Waals surface area contributed by atoms with Gasteiger partial charge in [-0.3, -0.25) is 9.59 Å². The summed E-state index contributed by atoms with van der Waals surface area (Å²) in [5.74, 6) is -1.88. The number of phenols is 1. The fraction of sp³-hybridized carbons (Fsp3) is 0.333. The van der Waals surface area contributed by atoms with E-state index < -0.39 is 18.4 Å². The van der Waals surface area contributed by atoms with Crippen molar-refractivity contribution in [3.63, 3.8) is 0 Å². The third kappa shape index (κ3) is 4.53. The first kappa shape index (κ1) is 15.5. The molecule has 6 nitrogen and oxygen atoms in total. The number of ether oxygens (including phenoxy) is 1. The van der Waals surface area contributed by atoms with Crippen LogP contribution in [0.4, 0.5) is 0 Å². The SMILES string of the molecule is COCCN(CC(=O)O)C(=O)c1ccc(Br)cc1O. The number of hydrogen-bond acceptors (Lipinski definition) is 4. The van der Waals surface area contributed by atoms with Crippen molar-refractivity contribution in [1.29, 1.82) is 0 Å². The average Bonchev–Trinajstić information content (AvgIpc) is 2.33. The van der Waals surface area contributed by atoms with Crippen molar-refractivity contribution >= 4 is 27.8 Å². The molecule has 0 saturated carbocycles. The van der Waals surface area contributed by atoms with E-state index >= 15 is 0 Å². The van der Waals surface area contributed by atoms with E-state index in [1.807, 2.05) is 0 Å². The minimum atomic E-state index is -1.12. The molecule has 0 aromatic heterocycles. The van der Waals surface area contributed by atoms with Crippen molar-refractivity contribution < 1.29 is 24.5 Å². The van der Waals surface area contributed by atoms with Gasteiger partial charge < -0.3 is 19.8 Å². The summed E-state index contributed by atoms with van der Waals surface area (Å²) < 4.78 is 5.46. The topological polar surface area (TPSA) is 87.1 Å². The highest BCUT2D eigenvalue weighted by Gasteiger charge is 2.21. The van der Waals surface area contributed by atoms with Crippen LogP contribution >= 0.6 is 15.9 Å². The Labute approximate surface area is 118 Å². The maximum absolute atomic E-state index is 12.2. The number of hydrogen-bond donors (Lipinski definition) is 2. The number of aliphatic carboxylic acids is 1. The van der Waals surface area contributed by atoms with Crippen molar-refractivity contribution in [2.24, 2.45) is 0 Å². The van der Waals surface area contributed by atoms with E-state index in [0.717, 1.165) is 4.90 Å². The van der Waals surface area contributed by atoms with Gasteiger partial charge in [-0.05, 0) is 18.2 Å². The molecule has 0 bridgehead atoms. The zero-order valence-corrected chi connectivity index (χ0v) is 11.9. The maximum Gasteiger partial charge on any atom is 0.323 e. The molecule has 7 heteroatoms. The van der Waals surface area contributed by atoms with E-state index in [4.69, 9.17) is 9.84 Å². The molecule has 0 aliphatic heterocycles. The number of phenolic OH excluding ortho intramolecular Hbond substituents is 1. The summed E-state index contributed by atoms with van der Waals surface area (Å²) in [4.78, 5) is 24.0. The Kier molecular flexibility index (Phi) is 5.78. The lowest BCUT2D eigenvalue weighted by Gasteiger charge is -2.20. The quantitative estimate of drug-likeness (QED) is 0.821. The zero-order chi connectivity index (χ0) is 14.4. The Morgan fingerprint density at radius 1 is 1.42 bits per heavy atom. The lowest BCUT2D eigenvalue weighted by atomic mass is 10.1. The summed E-state index contributed by atoms with van der Waals surface area (Å²) in [6, 6.07) is 4.41. The highest BCUT2D eigenvalue weighted by molar-refractivity contribution is 9.10. The molecule has 0 atom stereocenters. The largest absolute Gasteiger partial charge is 0.507 e. The molecular weight excluding hydrogens is 318 g/mol. The summed E-state index contributed by atoms with van der Waals surface area (Å²) in [6.45, 7) is -0.0921. The van der Waals surface area contributed by atoms with Gasteiger partial charge in [0.1, 0.15) is 12.3 Å². The third-order valence-corrected chi connectivity index (χ3v) is 2.86. The van der Waals surface area contributed by atoms with E-state index in [0.29, 0.717) is 4.47 Å². The first-order valence-electron chi connectivity index (χ1n) is 5.44. The van der Waals surface area contributed by atoms with E-state index in [1.54, 1.807) is 6.07 Å². The number of carboxylic acid groups (broad SMARTS) is 1. The van der Waals surface area contributed by atoms with Crippen LogP contribution in [0.3, 0.4) is 0 Å². The summed E-state index contributed by atoms with van der Waals surface area (Å²) in [5, 5.41) is 18.5. The molecule has 2 N–H and O–H groups in total. The van der Waals surface area contributed by atoms with Gasteiger partial charge in [0.15, 0.2) is 0 Å². The lowest BCUT2D eigenvalue weighted by Crippen LogP contribution is -2.38. The van der Waals surface area contributed by atoms with Gasteiger partial charge in [0.25, 0.3) is 5.91 Å². The highest BCUT2D eigenvalue weighted by atomic mass is 79.9. The zero-order valence-electron chi connectivity index (χ0n) is 10.3. The van der Waals surface area contributed by atoms with Crippen molar-refractivity contribution in [3.8, 4) is 5.75 Å². The van der Waals surface area contributed by atoms with Crippen molar-refractivity contribution in [3.05, 3.63) is 28.2 Å². The molecule has 0 fully saturated rings. The number of rotatable bonds is 6. The summed E-state index contributed by atoms with van der Waals surface area (Å²) >= 11 is 3.17. The third-order valence-electron chi connectivity index (χ3n) is 2.37. The minimum absolute atomic E-state index is 0.0561. The highest BCUT2D eigenvalue weighted by Crippen LogP contribution is 2.23. The Bertz CT molecular complexity index is 477. The fourth-order valence-corrected chi connectivity index (χ4v) is 1.82. The first-order chi connectivity index (χ1) is 8.95. The monoisotopic (exact) mass is 331 g/mol. The normalized spacial score (nSPS) is 10.2. The van der Waals surface area contributed by atoms with Crippen molar-refractivity contribution in [2.75, 3.05) is 26.8 Å². The molecule has 0 saturated heterocycles. The maximum atomic E-state index is 12.2. The van der Waals surface area contributed by atoms with Gasteiger partial charge in [0, 0.05) is 18.1 Å². The number of amides is 1. The van der Waals surface area contributed by atoms with Gasteiger partial charge in [-0.15, -0.1) is 0 Å². The number of halogens is 1. The van der Waals surface area contributed by atoms with E-state index in [2.05, 4.69) is 15.9 Å². The van der Waals surface area contributed by atoms with E-state index in [1.165, 1.54) is 19.2 Å². The summed E-state index contributed by atoms with van der Waals surface area (Å²) in [5.41, 5.74) is 0.0561. The molecule has 1 rings (SSSR count). The van der Waals surface area contributed by atoms with Crippen LogP contribution < -0.4 is 0 Å².